The van der Waals surface area contributed by atoms with Crippen molar-refractivity contribution >= 4 is 23.4 Å². The normalized spacial score (nSPS) is 21.3. The zero-order chi connectivity index (χ0) is 19.7. The van der Waals surface area contributed by atoms with Gasteiger partial charge in [0.1, 0.15) is 0 Å². The summed E-state index contributed by atoms with van der Waals surface area (Å²) >= 11 is 5.57. The first-order valence-electron chi connectivity index (χ1n) is 9.90. The molecule has 2 aromatic carbocycles. The zero-order valence-electron chi connectivity index (χ0n) is 16.8. The second-order valence-electron chi connectivity index (χ2n) is 7.73. The number of nitrogens with one attached hydrogen (secondary N) is 2. The molecule has 0 saturated carbocycles. The molecule has 0 aliphatic carbocycles. The quantitative estimate of drug-likeness (QED) is 0.756. The standard InChI is InChI=1S/C24H27N3S/c1-4-27-14-20(13-18-9-5-16(2)6-10-18)23-21(15-27)22(25-24(28)26-23)19-11-7-17(3)8-12-19/h5-13,22H,4,14-15H2,1-3H3,(H2,25,26,28)/b20-13+. The minimum atomic E-state index is 0.111. The van der Waals surface area contributed by atoms with Gasteiger partial charge in [0.25, 0.3) is 0 Å². The van der Waals surface area contributed by atoms with Crippen LogP contribution in [0.15, 0.2) is 65.4 Å². The second kappa shape index (κ2) is 7.90. The highest BCUT2D eigenvalue weighted by atomic mass is 32.1. The molecule has 2 aromatic rings. The fraction of sp³-hybridized carbons (Fsp3) is 0.292. The van der Waals surface area contributed by atoms with Crippen molar-refractivity contribution in [3.05, 3.63) is 87.6 Å². The lowest BCUT2D eigenvalue weighted by atomic mass is 9.88. The summed E-state index contributed by atoms with van der Waals surface area (Å²) < 4.78 is 0. The summed E-state index contributed by atoms with van der Waals surface area (Å²) in [4.78, 5) is 2.48. The van der Waals surface area contributed by atoms with Crippen LogP contribution in [0.2, 0.25) is 0 Å². The third kappa shape index (κ3) is 3.89. The Morgan fingerprint density at radius 2 is 1.64 bits per heavy atom. The van der Waals surface area contributed by atoms with E-state index in [9.17, 15) is 0 Å². The summed E-state index contributed by atoms with van der Waals surface area (Å²) in [6, 6.07) is 17.6. The number of nitrogens with zero attached hydrogens (tertiary/aromatic N) is 1. The molecule has 0 radical (unpaired) electrons. The van der Waals surface area contributed by atoms with Crippen LogP contribution in [0.1, 0.15) is 35.2 Å². The zero-order valence-corrected chi connectivity index (χ0v) is 17.6. The van der Waals surface area contributed by atoms with Gasteiger partial charge in [0.2, 0.25) is 0 Å². The Hall–Kier alpha value is -2.43. The molecule has 0 amide bonds. The van der Waals surface area contributed by atoms with Gasteiger partial charge in [-0.3, -0.25) is 4.90 Å². The molecule has 2 heterocycles. The van der Waals surface area contributed by atoms with E-state index in [1.54, 1.807) is 0 Å². The maximum absolute atomic E-state index is 5.57. The minimum absolute atomic E-state index is 0.111. The van der Waals surface area contributed by atoms with Gasteiger partial charge in [-0.2, -0.15) is 0 Å². The highest BCUT2D eigenvalue weighted by molar-refractivity contribution is 7.80. The summed E-state index contributed by atoms with van der Waals surface area (Å²) in [7, 11) is 0. The topological polar surface area (TPSA) is 27.3 Å². The van der Waals surface area contributed by atoms with Gasteiger partial charge >= 0.3 is 0 Å². The van der Waals surface area contributed by atoms with Crippen molar-refractivity contribution in [2.45, 2.75) is 26.8 Å². The van der Waals surface area contributed by atoms with Crippen LogP contribution >= 0.6 is 12.2 Å². The molecular weight excluding hydrogens is 362 g/mol. The lowest BCUT2D eigenvalue weighted by Crippen LogP contribution is -2.50. The van der Waals surface area contributed by atoms with Crippen LogP contribution in [0.5, 0.6) is 0 Å². The Morgan fingerprint density at radius 3 is 2.29 bits per heavy atom. The maximum Gasteiger partial charge on any atom is 0.171 e. The van der Waals surface area contributed by atoms with Crippen molar-refractivity contribution in [1.82, 2.24) is 15.5 Å². The number of likely N-dealkylation sites (N-methyl/N-ethyl adjacent to an activating group) is 1. The number of hydrogen-bond acceptors (Lipinski definition) is 2. The molecule has 0 fully saturated rings. The Labute approximate surface area is 173 Å². The highest BCUT2D eigenvalue weighted by Crippen LogP contribution is 2.34. The molecule has 1 atom stereocenters. The lowest BCUT2D eigenvalue weighted by Gasteiger charge is -2.40. The Balaban J connectivity index is 1.79. The van der Waals surface area contributed by atoms with E-state index in [4.69, 9.17) is 12.2 Å². The first kappa shape index (κ1) is 18.9. The van der Waals surface area contributed by atoms with E-state index in [1.807, 2.05) is 0 Å². The van der Waals surface area contributed by atoms with Crippen LogP contribution in [0.4, 0.5) is 0 Å². The van der Waals surface area contributed by atoms with Crippen LogP contribution in [-0.4, -0.2) is 29.6 Å². The molecule has 1 unspecified atom stereocenters. The lowest BCUT2D eigenvalue weighted by molar-refractivity contribution is 0.316. The Kier molecular flexibility index (Phi) is 5.33. The Morgan fingerprint density at radius 1 is 1.00 bits per heavy atom. The SMILES string of the molecule is CCN1CC2=C(NC(=S)NC2c2ccc(C)cc2)/C(=C/c2ccc(C)cc2)C1. The first-order valence-corrected chi connectivity index (χ1v) is 10.3. The molecule has 144 valence electrons. The smallest absolute Gasteiger partial charge is 0.171 e. The average Bonchev–Trinajstić information content (AvgIpc) is 2.70. The highest BCUT2D eigenvalue weighted by Gasteiger charge is 2.32. The fourth-order valence-electron chi connectivity index (χ4n) is 3.91. The fourth-order valence-corrected chi connectivity index (χ4v) is 4.13. The van der Waals surface area contributed by atoms with Crippen molar-refractivity contribution in [2.24, 2.45) is 0 Å². The summed E-state index contributed by atoms with van der Waals surface area (Å²) in [6.07, 6.45) is 2.30. The van der Waals surface area contributed by atoms with Crippen molar-refractivity contribution in [1.29, 1.82) is 0 Å². The molecule has 0 spiro atoms. The van der Waals surface area contributed by atoms with Crippen molar-refractivity contribution < 1.29 is 0 Å². The molecule has 0 aromatic heterocycles. The van der Waals surface area contributed by atoms with E-state index in [0.717, 1.165) is 19.6 Å². The van der Waals surface area contributed by atoms with Crippen molar-refractivity contribution in [3.8, 4) is 0 Å². The monoisotopic (exact) mass is 389 g/mol. The van der Waals surface area contributed by atoms with E-state index in [0.29, 0.717) is 5.11 Å². The molecule has 4 rings (SSSR count). The van der Waals surface area contributed by atoms with E-state index in [1.165, 1.54) is 39.1 Å². The number of thiocarbonyl (C=S) groups is 1. The van der Waals surface area contributed by atoms with E-state index >= 15 is 0 Å². The van der Waals surface area contributed by atoms with Crippen molar-refractivity contribution in [3.63, 3.8) is 0 Å². The molecule has 2 N–H and O–H groups in total. The summed E-state index contributed by atoms with van der Waals surface area (Å²) in [5, 5.41) is 7.66. The van der Waals surface area contributed by atoms with Crippen LogP contribution in [0.25, 0.3) is 6.08 Å². The van der Waals surface area contributed by atoms with Crippen LogP contribution in [0.3, 0.4) is 0 Å². The molecular formula is C24H27N3S. The third-order valence-electron chi connectivity index (χ3n) is 5.57. The number of aryl methyl sites for hydroxylation is 2. The molecule has 2 aliphatic rings. The van der Waals surface area contributed by atoms with Crippen molar-refractivity contribution in [2.75, 3.05) is 19.6 Å². The van der Waals surface area contributed by atoms with Gasteiger partial charge in [0, 0.05) is 18.8 Å². The molecule has 2 aliphatic heterocycles. The van der Waals surface area contributed by atoms with Gasteiger partial charge in [0.15, 0.2) is 5.11 Å². The number of rotatable bonds is 3. The molecule has 0 bridgehead atoms. The van der Waals surface area contributed by atoms with Crippen LogP contribution in [-0.2, 0) is 0 Å². The van der Waals surface area contributed by atoms with Gasteiger partial charge in [-0.25, -0.2) is 0 Å². The number of benzene rings is 2. The van der Waals surface area contributed by atoms with Gasteiger partial charge in [-0.05, 0) is 61.0 Å². The maximum atomic E-state index is 5.57. The summed E-state index contributed by atoms with van der Waals surface area (Å²) in [5.41, 5.74) is 8.89. The first-order chi connectivity index (χ1) is 13.5. The molecule has 3 nitrogen and oxygen atoms in total. The Bertz CT molecular complexity index is 939. The minimum Gasteiger partial charge on any atom is -0.352 e. The van der Waals surface area contributed by atoms with Gasteiger partial charge in [-0.15, -0.1) is 0 Å². The summed E-state index contributed by atoms with van der Waals surface area (Å²) in [5.74, 6) is 0. The van der Waals surface area contributed by atoms with Crippen LogP contribution in [0, 0.1) is 13.8 Å². The number of hydrogen-bond donors (Lipinski definition) is 2. The van der Waals surface area contributed by atoms with Gasteiger partial charge in [-0.1, -0.05) is 66.6 Å². The molecule has 28 heavy (non-hydrogen) atoms. The largest absolute Gasteiger partial charge is 0.352 e. The second-order valence-corrected chi connectivity index (χ2v) is 8.13. The van der Waals surface area contributed by atoms with E-state index in [2.05, 4.69) is 90.9 Å². The predicted octanol–water partition coefficient (Wildman–Crippen LogP) is 4.50. The summed E-state index contributed by atoms with van der Waals surface area (Å²) in [6.45, 7) is 9.36. The predicted molar refractivity (Wildman–Crippen MR) is 121 cm³/mol. The molecule has 4 heteroatoms. The molecule has 0 saturated heterocycles. The average molecular weight is 390 g/mol. The van der Waals surface area contributed by atoms with E-state index < -0.39 is 0 Å². The van der Waals surface area contributed by atoms with Gasteiger partial charge in [0.05, 0.1) is 6.04 Å². The van der Waals surface area contributed by atoms with E-state index in [-0.39, 0.29) is 6.04 Å². The van der Waals surface area contributed by atoms with Gasteiger partial charge < -0.3 is 10.6 Å². The van der Waals surface area contributed by atoms with Crippen LogP contribution < -0.4 is 10.6 Å². The third-order valence-corrected chi connectivity index (χ3v) is 5.79.